The first kappa shape index (κ1) is 14.9. The van der Waals surface area contributed by atoms with Crippen LogP contribution in [0.1, 0.15) is 16.2 Å². The van der Waals surface area contributed by atoms with Gasteiger partial charge < -0.3 is 4.98 Å². The Balaban J connectivity index is 1.66. The monoisotopic (exact) mass is 329 g/mol. The van der Waals surface area contributed by atoms with E-state index in [1.54, 1.807) is 35.0 Å². The molecule has 0 spiro atoms. The predicted molar refractivity (Wildman–Crippen MR) is 85.6 cm³/mol. The van der Waals surface area contributed by atoms with Crippen LogP contribution in [0.15, 0.2) is 48.8 Å². The van der Waals surface area contributed by atoms with E-state index in [9.17, 15) is 9.59 Å². The number of H-pyrrole nitrogens is 1. The highest BCUT2D eigenvalue weighted by Gasteiger charge is 2.08. The second-order valence-electron chi connectivity index (χ2n) is 4.58. The SMILES string of the molecule is O=C(/C=C/c1c(Cl)nc2ccccn12)NNC(=O)c1ccc[nH]1. The summed E-state index contributed by atoms with van der Waals surface area (Å²) < 4.78 is 1.75. The minimum Gasteiger partial charge on any atom is -0.357 e. The van der Waals surface area contributed by atoms with Crippen molar-refractivity contribution in [2.24, 2.45) is 0 Å². The standard InChI is InChI=1S/C15H12ClN5O2/c16-14-11(21-9-2-1-5-12(21)18-14)6-7-13(22)19-20-15(23)10-4-3-8-17-10/h1-9,17H,(H,19,22)(H,20,23)/b7-6+. The van der Waals surface area contributed by atoms with E-state index in [2.05, 4.69) is 20.8 Å². The molecule has 2 amide bonds. The Morgan fingerprint density at radius 1 is 1.22 bits per heavy atom. The van der Waals surface area contributed by atoms with E-state index in [0.717, 1.165) is 0 Å². The number of hydrogen-bond donors (Lipinski definition) is 3. The summed E-state index contributed by atoms with van der Waals surface area (Å²) in [6.45, 7) is 0. The van der Waals surface area contributed by atoms with Crippen molar-refractivity contribution >= 4 is 35.1 Å². The number of aromatic nitrogens is 3. The quantitative estimate of drug-likeness (QED) is 0.505. The molecule has 0 atom stereocenters. The third-order valence-corrected chi connectivity index (χ3v) is 3.33. The third kappa shape index (κ3) is 3.24. The minimum atomic E-state index is -0.494. The summed E-state index contributed by atoms with van der Waals surface area (Å²) in [6.07, 6.45) is 6.19. The van der Waals surface area contributed by atoms with Gasteiger partial charge in [0.15, 0.2) is 5.15 Å². The molecule has 23 heavy (non-hydrogen) atoms. The van der Waals surface area contributed by atoms with Crippen LogP contribution in [0.4, 0.5) is 0 Å². The number of carbonyl (C=O) groups is 2. The van der Waals surface area contributed by atoms with Gasteiger partial charge in [-0.3, -0.25) is 24.8 Å². The molecule has 0 bridgehead atoms. The normalized spacial score (nSPS) is 11.0. The summed E-state index contributed by atoms with van der Waals surface area (Å²) in [5.74, 6) is -0.934. The molecule has 0 unspecified atom stereocenters. The Morgan fingerprint density at radius 3 is 2.87 bits per heavy atom. The number of rotatable bonds is 3. The number of hydrazine groups is 1. The molecule has 0 aliphatic carbocycles. The maximum atomic E-state index is 11.8. The molecule has 0 radical (unpaired) electrons. The molecule has 0 aliphatic rings. The zero-order valence-corrected chi connectivity index (χ0v) is 12.5. The fourth-order valence-electron chi connectivity index (χ4n) is 1.99. The second kappa shape index (κ2) is 6.37. The predicted octanol–water partition coefficient (Wildman–Crippen LogP) is 1.79. The van der Waals surface area contributed by atoms with E-state index in [1.807, 2.05) is 12.1 Å². The van der Waals surface area contributed by atoms with Crippen LogP contribution in [0.2, 0.25) is 5.15 Å². The van der Waals surface area contributed by atoms with Gasteiger partial charge in [-0.25, -0.2) is 4.98 Å². The van der Waals surface area contributed by atoms with E-state index >= 15 is 0 Å². The Hall–Kier alpha value is -3.06. The lowest BCUT2D eigenvalue weighted by Gasteiger charge is -2.03. The molecule has 3 N–H and O–H groups in total. The van der Waals surface area contributed by atoms with Crippen LogP contribution in [0.3, 0.4) is 0 Å². The first-order valence-corrected chi connectivity index (χ1v) is 7.07. The van der Waals surface area contributed by atoms with Gasteiger partial charge in [0.2, 0.25) is 0 Å². The first-order valence-electron chi connectivity index (χ1n) is 6.69. The number of halogens is 1. The van der Waals surface area contributed by atoms with Gasteiger partial charge in [0.25, 0.3) is 11.8 Å². The van der Waals surface area contributed by atoms with Gasteiger partial charge in [-0.2, -0.15) is 0 Å². The number of aromatic amines is 1. The van der Waals surface area contributed by atoms with Crippen LogP contribution in [0.25, 0.3) is 11.7 Å². The molecule has 116 valence electrons. The van der Waals surface area contributed by atoms with Crippen LogP contribution in [-0.2, 0) is 4.79 Å². The van der Waals surface area contributed by atoms with Crippen molar-refractivity contribution in [1.82, 2.24) is 25.2 Å². The Bertz CT molecular complexity index is 883. The molecule has 0 saturated heterocycles. The zero-order valence-electron chi connectivity index (χ0n) is 11.8. The highest BCUT2D eigenvalue weighted by molar-refractivity contribution is 6.31. The van der Waals surface area contributed by atoms with Gasteiger partial charge in [-0.15, -0.1) is 0 Å². The smallest absolute Gasteiger partial charge is 0.286 e. The van der Waals surface area contributed by atoms with Gasteiger partial charge in [-0.05, 0) is 30.3 Å². The molecular formula is C15H12ClN5O2. The van der Waals surface area contributed by atoms with Crippen LogP contribution in [0.5, 0.6) is 0 Å². The number of fused-ring (bicyclic) bond motifs is 1. The molecule has 8 heteroatoms. The van der Waals surface area contributed by atoms with Crippen LogP contribution >= 0.6 is 11.6 Å². The number of nitrogens with one attached hydrogen (secondary N) is 3. The second-order valence-corrected chi connectivity index (χ2v) is 4.94. The molecule has 0 saturated carbocycles. The molecule has 0 fully saturated rings. The summed E-state index contributed by atoms with van der Waals surface area (Å²) in [7, 11) is 0. The zero-order chi connectivity index (χ0) is 16.2. The van der Waals surface area contributed by atoms with Gasteiger partial charge in [0.1, 0.15) is 11.3 Å². The number of hydrogen-bond acceptors (Lipinski definition) is 3. The van der Waals surface area contributed by atoms with Crippen molar-refractivity contribution in [2.45, 2.75) is 0 Å². The van der Waals surface area contributed by atoms with E-state index in [1.165, 1.54) is 12.2 Å². The average molecular weight is 330 g/mol. The molecule has 0 aliphatic heterocycles. The van der Waals surface area contributed by atoms with Crippen molar-refractivity contribution in [1.29, 1.82) is 0 Å². The Labute approximate surface area is 136 Å². The summed E-state index contributed by atoms with van der Waals surface area (Å²) in [4.78, 5) is 30.3. The van der Waals surface area contributed by atoms with Crippen LogP contribution in [0, 0.1) is 0 Å². The molecule has 3 rings (SSSR count). The number of imidazole rings is 1. The summed E-state index contributed by atoms with van der Waals surface area (Å²) >= 11 is 6.06. The van der Waals surface area contributed by atoms with E-state index in [0.29, 0.717) is 17.0 Å². The van der Waals surface area contributed by atoms with Gasteiger partial charge >= 0.3 is 0 Å². The van der Waals surface area contributed by atoms with Crippen LogP contribution < -0.4 is 10.9 Å². The van der Waals surface area contributed by atoms with Crippen molar-refractivity contribution in [3.63, 3.8) is 0 Å². The topological polar surface area (TPSA) is 91.3 Å². The molecular weight excluding hydrogens is 318 g/mol. The lowest BCUT2D eigenvalue weighted by Crippen LogP contribution is -2.40. The number of amides is 2. The molecule has 3 aromatic rings. The number of nitrogens with zero attached hydrogens (tertiary/aromatic N) is 2. The summed E-state index contributed by atoms with van der Waals surface area (Å²) in [5.41, 5.74) is 6.17. The third-order valence-electron chi connectivity index (χ3n) is 3.06. The summed E-state index contributed by atoms with van der Waals surface area (Å²) in [6, 6.07) is 8.76. The number of carbonyl (C=O) groups excluding carboxylic acids is 2. The fourth-order valence-corrected chi connectivity index (χ4v) is 2.23. The maximum absolute atomic E-state index is 11.8. The van der Waals surface area contributed by atoms with Gasteiger partial charge in [0.05, 0.1) is 5.69 Å². The molecule has 7 nitrogen and oxygen atoms in total. The van der Waals surface area contributed by atoms with Crippen LogP contribution in [-0.4, -0.2) is 26.2 Å². The first-order chi connectivity index (χ1) is 11.1. The molecule has 0 aromatic carbocycles. The highest BCUT2D eigenvalue weighted by atomic mass is 35.5. The van der Waals surface area contributed by atoms with Gasteiger partial charge in [0, 0.05) is 18.5 Å². The van der Waals surface area contributed by atoms with E-state index < -0.39 is 11.8 Å². The Morgan fingerprint density at radius 2 is 2.09 bits per heavy atom. The lowest BCUT2D eigenvalue weighted by atomic mass is 10.4. The van der Waals surface area contributed by atoms with E-state index in [-0.39, 0.29) is 5.15 Å². The molecule has 3 aromatic heterocycles. The molecule has 3 heterocycles. The highest BCUT2D eigenvalue weighted by Crippen LogP contribution is 2.18. The van der Waals surface area contributed by atoms with Crippen molar-refractivity contribution < 1.29 is 9.59 Å². The minimum absolute atomic E-state index is 0.288. The largest absolute Gasteiger partial charge is 0.357 e. The van der Waals surface area contributed by atoms with Crippen molar-refractivity contribution in [3.8, 4) is 0 Å². The lowest BCUT2D eigenvalue weighted by molar-refractivity contribution is -0.117. The maximum Gasteiger partial charge on any atom is 0.286 e. The number of pyridine rings is 1. The van der Waals surface area contributed by atoms with Crippen molar-refractivity contribution in [2.75, 3.05) is 0 Å². The fraction of sp³-hybridized carbons (Fsp3) is 0. The average Bonchev–Trinajstić information content (AvgIpc) is 3.18. The van der Waals surface area contributed by atoms with Crippen molar-refractivity contribution in [3.05, 3.63) is 65.3 Å². The Kier molecular flexibility index (Phi) is 4.11. The van der Waals surface area contributed by atoms with Gasteiger partial charge in [-0.1, -0.05) is 17.7 Å². The summed E-state index contributed by atoms with van der Waals surface area (Å²) in [5, 5.41) is 0.288. The van der Waals surface area contributed by atoms with E-state index in [4.69, 9.17) is 11.6 Å².